The van der Waals surface area contributed by atoms with Gasteiger partial charge in [0.2, 0.25) is 11.8 Å². The smallest absolute Gasteiger partial charge is 0.407 e. The van der Waals surface area contributed by atoms with Crippen molar-refractivity contribution in [2.75, 3.05) is 20.2 Å². The van der Waals surface area contributed by atoms with Gasteiger partial charge < -0.3 is 25.4 Å². The quantitative estimate of drug-likeness (QED) is 0.481. The number of carboxylic acid groups (broad SMARTS) is 1. The summed E-state index contributed by atoms with van der Waals surface area (Å²) in [7, 11) is 1.45. The van der Waals surface area contributed by atoms with E-state index in [4.69, 9.17) is 9.84 Å². The number of ether oxygens (including phenoxy) is 1. The molecule has 0 radical (unpaired) electrons. The van der Waals surface area contributed by atoms with E-state index in [0.717, 1.165) is 35.1 Å². The van der Waals surface area contributed by atoms with E-state index in [1.165, 1.54) is 11.9 Å². The number of amides is 3. The van der Waals surface area contributed by atoms with E-state index >= 15 is 0 Å². The summed E-state index contributed by atoms with van der Waals surface area (Å²) in [4.78, 5) is 49.9. The summed E-state index contributed by atoms with van der Waals surface area (Å²) in [6.07, 6.45) is 0.600. The van der Waals surface area contributed by atoms with Gasteiger partial charge in [-0.2, -0.15) is 0 Å². The van der Waals surface area contributed by atoms with Gasteiger partial charge in [0.25, 0.3) is 0 Å². The van der Waals surface area contributed by atoms with Gasteiger partial charge in [-0.05, 0) is 41.5 Å². The summed E-state index contributed by atoms with van der Waals surface area (Å²) >= 11 is 0. The number of carboxylic acids is 1. The Kier molecular flexibility index (Phi) is 7.33. The molecule has 0 spiro atoms. The number of benzene rings is 2. The zero-order valence-corrected chi connectivity index (χ0v) is 19.5. The van der Waals surface area contributed by atoms with Gasteiger partial charge in [0, 0.05) is 25.4 Å². The van der Waals surface area contributed by atoms with Crippen LogP contribution in [0.5, 0.6) is 0 Å². The summed E-state index contributed by atoms with van der Waals surface area (Å²) in [5.74, 6) is -2.08. The van der Waals surface area contributed by atoms with E-state index in [1.54, 1.807) is 0 Å². The zero-order valence-electron chi connectivity index (χ0n) is 19.5. The third-order valence-corrected chi connectivity index (χ3v) is 6.28. The molecule has 0 saturated heterocycles. The van der Waals surface area contributed by atoms with Gasteiger partial charge in [0.15, 0.2) is 0 Å². The lowest BCUT2D eigenvalue weighted by Crippen LogP contribution is -2.50. The highest BCUT2D eigenvalue weighted by atomic mass is 16.5. The Hall–Kier alpha value is -3.88. The maximum Gasteiger partial charge on any atom is 0.407 e. The normalized spacial score (nSPS) is 14.9. The number of carbonyl (C=O) groups is 4. The van der Waals surface area contributed by atoms with Crippen molar-refractivity contribution in [2.45, 2.75) is 43.7 Å². The molecule has 1 saturated carbocycles. The molecule has 0 aromatic heterocycles. The number of hydrogen-bond acceptors (Lipinski definition) is 5. The Morgan fingerprint density at radius 1 is 1.03 bits per heavy atom. The number of nitrogens with one attached hydrogen (secondary N) is 2. The number of carbonyl (C=O) groups excluding carboxylic acids is 3. The second-order valence-electron chi connectivity index (χ2n) is 8.99. The zero-order chi connectivity index (χ0) is 24.9. The highest BCUT2D eigenvalue weighted by Crippen LogP contribution is 2.44. The van der Waals surface area contributed by atoms with Gasteiger partial charge in [-0.15, -0.1) is 0 Å². The fourth-order valence-corrected chi connectivity index (χ4v) is 4.37. The molecule has 3 amide bonds. The topological polar surface area (TPSA) is 125 Å². The van der Waals surface area contributed by atoms with Gasteiger partial charge in [-0.3, -0.25) is 14.4 Å². The fourth-order valence-electron chi connectivity index (χ4n) is 4.37. The van der Waals surface area contributed by atoms with E-state index in [1.807, 2.05) is 48.5 Å². The average molecular weight is 480 g/mol. The lowest BCUT2D eigenvalue weighted by Gasteiger charge is -2.24. The molecule has 2 aromatic carbocycles. The van der Waals surface area contributed by atoms with Crippen LogP contribution in [0.3, 0.4) is 0 Å². The third-order valence-electron chi connectivity index (χ3n) is 6.28. The number of likely N-dealkylation sites (N-methyl/N-ethyl adjacent to an activating group) is 1. The molecule has 3 N–H and O–H groups in total. The molecule has 4 rings (SSSR count). The van der Waals surface area contributed by atoms with Crippen LogP contribution in [0.25, 0.3) is 11.1 Å². The molecular weight excluding hydrogens is 450 g/mol. The summed E-state index contributed by atoms with van der Waals surface area (Å²) in [6.45, 7) is -0.107. The monoisotopic (exact) mass is 479 g/mol. The Bertz CT molecular complexity index is 1080. The molecule has 1 atom stereocenters. The first-order chi connectivity index (χ1) is 16.8. The predicted molar refractivity (Wildman–Crippen MR) is 128 cm³/mol. The van der Waals surface area contributed by atoms with Crippen molar-refractivity contribution >= 4 is 23.9 Å². The third kappa shape index (κ3) is 5.98. The minimum Gasteiger partial charge on any atom is -0.481 e. The van der Waals surface area contributed by atoms with Crippen LogP contribution < -0.4 is 10.6 Å². The highest BCUT2D eigenvalue weighted by Gasteiger charge is 2.31. The van der Waals surface area contributed by atoms with E-state index < -0.39 is 24.0 Å². The Morgan fingerprint density at radius 3 is 2.20 bits per heavy atom. The lowest BCUT2D eigenvalue weighted by atomic mass is 9.98. The molecule has 35 heavy (non-hydrogen) atoms. The van der Waals surface area contributed by atoms with Crippen molar-refractivity contribution in [3.63, 3.8) is 0 Å². The maximum absolute atomic E-state index is 12.9. The van der Waals surface area contributed by atoms with Gasteiger partial charge >= 0.3 is 12.1 Å². The molecule has 1 fully saturated rings. The Labute approximate surface area is 203 Å². The van der Waals surface area contributed by atoms with Gasteiger partial charge in [0.05, 0.1) is 6.54 Å². The largest absolute Gasteiger partial charge is 0.481 e. The minimum atomic E-state index is -1.12. The molecule has 9 heteroatoms. The van der Waals surface area contributed by atoms with Crippen LogP contribution in [-0.4, -0.2) is 66.2 Å². The molecule has 2 aliphatic rings. The first kappa shape index (κ1) is 24.3. The van der Waals surface area contributed by atoms with Crippen LogP contribution in [0.15, 0.2) is 48.5 Å². The SMILES string of the molecule is CN(CC(=O)NC1CC1)C(=O)C(CCC(=O)O)NC(=O)OCC1c2ccccc2-c2ccccc21. The molecule has 1 unspecified atom stereocenters. The average Bonchev–Trinajstić information content (AvgIpc) is 3.59. The van der Waals surface area contributed by atoms with E-state index in [-0.39, 0.29) is 43.9 Å². The van der Waals surface area contributed by atoms with Crippen LogP contribution in [-0.2, 0) is 19.1 Å². The van der Waals surface area contributed by atoms with Crippen molar-refractivity contribution in [1.82, 2.24) is 15.5 Å². The van der Waals surface area contributed by atoms with Crippen LogP contribution in [0.1, 0.15) is 42.7 Å². The number of hydrogen-bond donors (Lipinski definition) is 3. The molecule has 9 nitrogen and oxygen atoms in total. The van der Waals surface area contributed by atoms with Crippen LogP contribution in [0, 0.1) is 0 Å². The fraction of sp³-hybridized carbons (Fsp3) is 0.385. The Balaban J connectivity index is 1.38. The van der Waals surface area contributed by atoms with Crippen LogP contribution >= 0.6 is 0 Å². The first-order valence-electron chi connectivity index (χ1n) is 11.7. The molecule has 0 aliphatic heterocycles. The second-order valence-corrected chi connectivity index (χ2v) is 8.99. The number of rotatable bonds is 10. The summed E-state index contributed by atoms with van der Waals surface area (Å²) in [5.41, 5.74) is 4.30. The van der Waals surface area contributed by atoms with Gasteiger partial charge in [-0.1, -0.05) is 48.5 Å². The minimum absolute atomic E-state index is 0.0688. The number of fused-ring (bicyclic) bond motifs is 3. The van der Waals surface area contributed by atoms with E-state index in [2.05, 4.69) is 10.6 Å². The summed E-state index contributed by atoms with van der Waals surface area (Å²) in [6, 6.07) is 14.9. The molecule has 2 aliphatic carbocycles. The highest BCUT2D eigenvalue weighted by molar-refractivity contribution is 5.90. The summed E-state index contributed by atoms with van der Waals surface area (Å²) in [5, 5.41) is 14.4. The number of alkyl carbamates (subject to hydrolysis) is 1. The van der Waals surface area contributed by atoms with E-state index in [9.17, 15) is 19.2 Å². The molecule has 0 bridgehead atoms. The summed E-state index contributed by atoms with van der Waals surface area (Å²) < 4.78 is 5.50. The molecule has 184 valence electrons. The number of nitrogens with zero attached hydrogens (tertiary/aromatic N) is 1. The predicted octanol–water partition coefficient (Wildman–Crippen LogP) is 2.50. The van der Waals surface area contributed by atoms with E-state index in [0.29, 0.717) is 0 Å². The van der Waals surface area contributed by atoms with Crippen molar-refractivity contribution < 1.29 is 29.0 Å². The molecule has 0 heterocycles. The number of aliphatic carboxylic acids is 1. The van der Waals surface area contributed by atoms with Crippen LogP contribution in [0.4, 0.5) is 4.79 Å². The van der Waals surface area contributed by atoms with Crippen LogP contribution in [0.2, 0.25) is 0 Å². The maximum atomic E-state index is 12.9. The Morgan fingerprint density at radius 2 is 1.63 bits per heavy atom. The van der Waals surface area contributed by atoms with Crippen molar-refractivity contribution in [1.29, 1.82) is 0 Å². The second kappa shape index (κ2) is 10.6. The standard InChI is InChI=1S/C26H29N3O6/c1-29(14-23(30)27-16-10-11-16)25(33)22(12-13-24(31)32)28-26(34)35-15-21-19-8-4-2-6-17(19)18-7-3-5-9-20(18)21/h2-9,16,21-22H,10-15H2,1H3,(H,27,30)(H,28,34)(H,31,32). The van der Waals surface area contributed by atoms with Gasteiger partial charge in [-0.25, -0.2) is 4.79 Å². The first-order valence-corrected chi connectivity index (χ1v) is 11.7. The molecule has 2 aromatic rings. The van der Waals surface area contributed by atoms with Crippen molar-refractivity contribution in [2.24, 2.45) is 0 Å². The van der Waals surface area contributed by atoms with Crippen molar-refractivity contribution in [3.05, 3.63) is 59.7 Å². The molecular formula is C26H29N3O6. The van der Waals surface area contributed by atoms with Crippen molar-refractivity contribution in [3.8, 4) is 11.1 Å². The lowest BCUT2D eigenvalue weighted by molar-refractivity contribution is -0.139. The van der Waals surface area contributed by atoms with Gasteiger partial charge in [0.1, 0.15) is 12.6 Å².